The van der Waals surface area contributed by atoms with E-state index >= 15 is 0 Å². The Kier molecular flexibility index (Phi) is 4.71. The zero-order valence-corrected chi connectivity index (χ0v) is 16.7. The Hall–Kier alpha value is -3.60. The van der Waals surface area contributed by atoms with Crippen LogP contribution < -0.4 is 5.32 Å². The molecule has 1 aliphatic rings. The maximum absolute atomic E-state index is 13.5. The summed E-state index contributed by atoms with van der Waals surface area (Å²) in [5.74, 6) is 0.348. The highest BCUT2D eigenvalue weighted by molar-refractivity contribution is 6.07. The predicted molar refractivity (Wildman–Crippen MR) is 117 cm³/mol. The average molecular weight is 394 g/mol. The molecule has 1 saturated carbocycles. The molecule has 3 aromatic heterocycles. The van der Waals surface area contributed by atoms with Crippen LogP contribution in [0, 0.1) is 12.8 Å². The second-order valence-electron chi connectivity index (χ2n) is 7.80. The Labute approximate surface area is 175 Å². The number of amides is 1. The standard InChI is InChI=1S/C25H22N4O/c1-16-5-4-12-27-23(16)24(18-8-9-18)29-25(30)20-15-22(17-10-13-26-14-11-17)28-21-7-3-2-6-19(20)21/h2-7,10-15,18,24H,8-9H2,1H3,(H,29,30)/t24-/m0/s1. The fourth-order valence-electron chi connectivity index (χ4n) is 3.92. The lowest BCUT2D eigenvalue weighted by Gasteiger charge is -2.20. The molecule has 1 atom stereocenters. The van der Waals surface area contributed by atoms with Crippen LogP contribution in [0.1, 0.15) is 40.5 Å². The first-order valence-electron chi connectivity index (χ1n) is 10.2. The van der Waals surface area contributed by atoms with Crippen molar-refractivity contribution in [2.75, 3.05) is 0 Å². The number of aromatic nitrogens is 3. The number of benzene rings is 1. The monoisotopic (exact) mass is 394 g/mol. The normalized spacial score (nSPS) is 14.4. The molecule has 1 aromatic carbocycles. The van der Waals surface area contributed by atoms with Gasteiger partial charge in [0.25, 0.3) is 5.91 Å². The first-order valence-corrected chi connectivity index (χ1v) is 10.2. The van der Waals surface area contributed by atoms with Crippen LogP contribution in [0.25, 0.3) is 22.2 Å². The number of aryl methyl sites for hydroxylation is 1. The molecular formula is C25H22N4O. The lowest BCUT2D eigenvalue weighted by Crippen LogP contribution is -2.31. The first kappa shape index (κ1) is 18.4. The van der Waals surface area contributed by atoms with Crippen LogP contribution in [0.2, 0.25) is 0 Å². The number of nitrogens with zero attached hydrogens (tertiary/aromatic N) is 3. The van der Waals surface area contributed by atoms with Crippen LogP contribution in [0.4, 0.5) is 0 Å². The maximum Gasteiger partial charge on any atom is 0.252 e. The van der Waals surface area contributed by atoms with Crippen molar-refractivity contribution < 1.29 is 4.79 Å². The highest BCUT2D eigenvalue weighted by atomic mass is 16.1. The Morgan fingerprint density at radius 3 is 2.60 bits per heavy atom. The molecule has 0 spiro atoms. The van der Waals surface area contributed by atoms with Crippen LogP contribution >= 0.6 is 0 Å². The molecule has 0 aliphatic heterocycles. The largest absolute Gasteiger partial charge is 0.343 e. The number of rotatable bonds is 5. The Bertz CT molecular complexity index is 1220. The van der Waals surface area contributed by atoms with E-state index in [1.807, 2.05) is 61.5 Å². The molecule has 0 unspecified atom stereocenters. The van der Waals surface area contributed by atoms with Gasteiger partial charge in [0.2, 0.25) is 0 Å². The van der Waals surface area contributed by atoms with Gasteiger partial charge in [-0.2, -0.15) is 0 Å². The minimum Gasteiger partial charge on any atom is -0.343 e. The summed E-state index contributed by atoms with van der Waals surface area (Å²) in [5, 5.41) is 4.13. The van der Waals surface area contributed by atoms with Crippen molar-refractivity contribution in [3.8, 4) is 11.3 Å². The molecule has 1 fully saturated rings. The number of hydrogen-bond donors (Lipinski definition) is 1. The highest BCUT2D eigenvalue weighted by Crippen LogP contribution is 2.41. The Morgan fingerprint density at radius 2 is 1.83 bits per heavy atom. The summed E-state index contributed by atoms with van der Waals surface area (Å²) in [6.45, 7) is 2.05. The molecule has 0 bridgehead atoms. The van der Waals surface area contributed by atoms with E-state index < -0.39 is 0 Å². The van der Waals surface area contributed by atoms with Gasteiger partial charge in [0, 0.05) is 29.5 Å². The third kappa shape index (κ3) is 3.54. The van der Waals surface area contributed by atoms with Crippen molar-refractivity contribution in [3.05, 3.63) is 90.0 Å². The smallest absolute Gasteiger partial charge is 0.252 e. The van der Waals surface area contributed by atoms with Crippen molar-refractivity contribution >= 4 is 16.8 Å². The average Bonchev–Trinajstić information content (AvgIpc) is 3.63. The van der Waals surface area contributed by atoms with Crippen molar-refractivity contribution in [2.24, 2.45) is 5.92 Å². The van der Waals surface area contributed by atoms with Gasteiger partial charge in [0.15, 0.2) is 0 Å². The van der Waals surface area contributed by atoms with Gasteiger partial charge in [-0.05, 0) is 61.6 Å². The van der Waals surface area contributed by atoms with E-state index in [9.17, 15) is 4.79 Å². The number of para-hydroxylation sites is 1. The van der Waals surface area contributed by atoms with Gasteiger partial charge in [-0.3, -0.25) is 14.8 Å². The fraction of sp³-hybridized carbons (Fsp3) is 0.200. The SMILES string of the molecule is Cc1cccnc1[C@@H](NC(=O)c1cc(-c2ccncc2)nc2ccccc12)C1CC1. The molecule has 30 heavy (non-hydrogen) atoms. The van der Waals surface area contributed by atoms with Gasteiger partial charge in [-0.25, -0.2) is 4.98 Å². The van der Waals surface area contributed by atoms with Crippen molar-refractivity contribution in [1.29, 1.82) is 0 Å². The quantitative estimate of drug-likeness (QED) is 0.524. The Morgan fingerprint density at radius 1 is 1.03 bits per heavy atom. The van der Waals surface area contributed by atoms with Crippen molar-refractivity contribution in [3.63, 3.8) is 0 Å². The van der Waals surface area contributed by atoms with Gasteiger partial charge in [0.05, 0.1) is 28.5 Å². The summed E-state index contributed by atoms with van der Waals surface area (Å²) in [5.41, 5.74) is 5.19. The van der Waals surface area contributed by atoms with Crippen LogP contribution in [0.3, 0.4) is 0 Å². The molecular weight excluding hydrogens is 372 g/mol. The number of nitrogens with one attached hydrogen (secondary N) is 1. The van der Waals surface area contributed by atoms with Gasteiger partial charge in [-0.1, -0.05) is 24.3 Å². The molecule has 0 saturated heterocycles. The summed E-state index contributed by atoms with van der Waals surface area (Å²) in [7, 11) is 0. The lowest BCUT2D eigenvalue weighted by molar-refractivity contribution is 0.0932. The molecule has 4 aromatic rings. The van der Waals surface area contributed by atoms with Crippen LogP contribution in [-0.2, 0) is 0 Å². The van der Waals surface area contributed by atoms with Gasteiger partial charge >= 0.3 is 0 Å². The van der Waals surface area contributed by atoms with Gasteiger partial charge in [-0.15, -0.1) is 0 Å². The molecule has 1 N–H and O–H groups in total. The summed E-state index contributed by atoms with van der Waals surface area (Å²) < 4.78 is 0. The molecule has 5 heteroatoms. The Balaban J connectivity index is 1.56. The molecule has 5 rings (SSSR count). The van der Waals surface area contributed by atoms with Gasteiger partial charge in [0.1, 0.15) is 0 Å². The highest BCUT2D eigenvalue weighted by Gasteiger charge is 2.35. The van der Waals surface area contributed by atoms with Crippen LogP contribution in [-0.4, -0.2) is 20.9 Å². The molecule has 5 nitrogen and oxygen atoms in total. The second kappa shape index (κ2) is 7.67. The van der Waals surface area contributed by atoms with Gasteiger partial charge < -0.3 is 5.32 Å². The molecule has 0 radical (unpaired) electrons. The van der Waals surface area contributed by atoms with E-state index in [1.165, 1.54) is 0 Å². The second-order valence-corrected chi connectivity index (χ2v) is 7.80. The minimum absolute atomic E-state index is 0.0741. The summed E-state index contributed by atoms with van der Waals surface area (Å²) in [6, 6.07) is 17.4. The summed E-state index contributed by atoms with van der Waals surface area (Å²) in [6.07, 6.45) is 7.49. The van der Waals surface area contributed by atoms with Crippen LogP contribution in [0.5, 0.6) is 0 Å². The van der Waals surface area contributed by atoms with E-state index in [4.69, 9.17) is 4.98 Å². The summed E-state index contributed by atoms with van der Waals surface area (Å²) in [4.78, 5) is 26.9. The van der Waals surface area contributed by atoms with Crippen molar-refractivity contribution in [1.82, 2.24) is 20.3 Å². The summed E-state index contributed by atoms with van der Waals surface area (Å²) >= 11 is 0. The zero-order valence-electron chi connectivity index (χ0n) is 16.7. The predicted octanol–water partition coefficient (Wildman–Crippen LogP) is 4.88. The topological polar surface area (TPSA) is 67.8 Å². The maximum atomic E-state index is 13.5. The third-order valence-corrected chi connectivity index (χ3v) is 5.66. The lowest BCUT2D eigenvalue weighted by atomic mass is 10.0. The minimum atomic E-state index is -0.0918. The number of carbonyl (C=O) groups is 1. The van der Waals surface area contributed by atoms with E-state index in [0.717, 1.165) is 46.3 Å². The third-order valence-electron chi connectivity index (χ3n) is 5.66. The number of pyridine rings is 3. The molecule has 148 valence electrons. The van der Waals surface area contributed by atoms with E-state index in [1.54, 1.807) is 18.6 Å². The zero-order chi connectivity index (χ0) is 20.5. The van der Waals surface area contributed by atoms with E-state index in [2.05, 4.69) is 15.3 Å². The van der Waals surface area contributed by atoms with Crippen LogP contribution in [0.15, 0.2) is 73.2 Å². The molecule has 1 aliphatic carbocycles. The molecule has 1 amide bonds. The van der Waals surface area contributed by atoms with E-state index in [-0.39, 0.29) is 11.9 Å². The van der Waals surface area contributed by atoms with E-state index in [0.29, 0.717) is 11.5 Å². The van der Waals surface area contributed by atoms with Crippen molar-refractivity contribution in [2.45, 2.75) is 25.8 Å². The number of fused-ring (bicyclic) bond motifs is 1. The first-order chi connectivity index (χ1) is 14.7. The fourth-order valence-corrected chi connectivity index (χ4v) is 3.92. The number of hydrogen-bond acceptors (Lipinski definition) is 4. The number of carbonyl (C=O) groups excluding carboxylic acids is 1. The molecule has 3 heterocycles.